The van der Waals surface area contributed by atoms with E-state index in [0.717, 1.165) is 24.0 Å². The van der Waals surface area contributed by atoms with Crippen molar-refractivity contribution < 1.29 is 9.59 Å². The number of hydrogen-bond donors (Lipinski definition) is 1. The van der Waals surface area contributed by atoms with Crippen LogP contribution in [0.15, 0.2) is 48.5 Å². The van der Waals surface area contributed by atoms with Crippen molar-refractivity contribution in [3.05, 3.63) is 70.2 Å². The topological polar surface area (TPSA) is 49.4 Å². The molecule has 0 bridgehead atoms. The van der Waals surface area contributed by atoms with Gasteiger partial charge in [-0.1, -0.05) is 55.3 Å². The van der Waals surface area contributed by atoms with Crippen molar-refractivity contribution in [3.8, 4) is 0 Å². The van der Waals surface area contributed by atoms with E-state index in [1.807, 2.05) is 43.3 Å². The molecule has 5 heteroatoms. The zero-order chi connectivity index (χ0) is 19.4. The van der Waals surface area contributed by atoms with Gasteiger partial charge in [0.15, 0.2) is 0 Å². The summed E-state index contributed by atoms with van der Waals surface area (Å²) in [5, 5.41) is 3.67. The van der Waals surface area contributed by atoms with Crippen molar-refractivity contribution in [2.24, 2.45) is 0 Å². The van der Waals surface area contributed by atoms with Crippen LogP contribution in [0.4, 0.5) is 0 Å². The van der Waals surface area contributed by atoms with Gasteiger partial charge in [-0.15, -0.1) is 0 Å². The van der Waals surface area contributed by atoms with Crippen LogP contribution < -0.4 is 5.32 Å². The van der Waals surface area contributed by atoms with Crippen LogP contribution in [0.5, 0.6) is 0 Å². The molecule has 0 aromatic heterocycles. The van der Waals surface area contributed by atoms with Crippen molar-refractivity contribution in [1.82, 2.24) is 10.2 Å². The average molecular weight is 385 g/mol. The van der Waals surface area contributed by atoms with E-state index < -0.39 is 5.54 Å². The van der Waals surface area contributed by atoms with Gasteiger partial charge in [-0.25, -0.2) is 0 Å². The maximum atomic E-state index is 13.2. The largest absolute Gasteiger partial charge is 0.350 e. The van der Waals surface area contributed by atoms with Gasteiger partial charge in [0.2, 0.25) is 5.91 Å². The number of carbonyl (C=O) groups excluding carboxylic acids is 2. The molecule has 0 saturated heterocycles. The summed E-state index contributed by atoms with van der Waals surface area (Å²) in [4.78, 5) is 28.0. The molecule has 3 rings (SSSR count). The summed E-state index contributed by atoms with van der Waals surface area (Å²) in [6.07, 6.45) is 2.35. The zero-order valence-electron chi connectivity index (χ0n) is 15.8. The highest BCUT2D eigenvalue weighted by Crippen LogP contribution is 2.31. The number of rotatable bonds is 6. The lowest BCUT2D eigenvalue weighted by atomic mass is 9.82. The standard InChI is InChI=1S/C22H25ClN2O2/c1-3-4-13-25-20(26)19-8-6-5-7-17(19)14-22(25,2)21(27)24-15-16-9-11-18(23)12-10-16/h5-12H,3-4,13-15H2,1-2H3,(H,24,27). The van der Waals surface area contributed by atoms with Gasteiger partial charge in [0, 0.05) is 30.1 Å². The highest BCUT2D eigenvalue weighted by molar-refractivity contribution is 6.30. The average Bonchev–Trinajstić information content (AvgIpc) is 2.67. The van der Waals surface area contributed by atoms with Crippen LogP contribution in [0.3, 0.4) is 0 Å². The molecule has 1 N–H and O–H groups in total. The molecular weight excluding hydrogens is 360 g/mol. The quantitative estimate of drug-likeness (QED) is 0.810. The first-order valence-electron chi connectivity index (χ1n) is 9.38. The summed E-state index contributed by atoms with van der Waals surface area (Å²) in [6.45, 7) is 4.94. The third-order valence-corrected chi connectivity index (χ3v) is 5.47. The maximum absolute atomic E-state index is 13.2. The van der Waals surface area contributed by atoms with Crippen LogP contribution in [0.2, 0.25) is 5.02 Å². The maximum Gasteiger partial charge on any atom is 0.255 e. The van der Waals surface area contributed by atoms with Crippen molar-refractivity contribution in [2.75, 3.05) is 6.54 Å². The molecule has 0 radical (unpaired) electrons. The fourth-order valence-corrected chi connectivity index (χ4v) is 3.69. The zero-order valence-corrected chi connectivity index (χ0v) is 16.6. The molecular formula is C22H25ClN2O2. The minimum Gasteiger partial charge on any atom is -0.350 e. The molecule has 0 spiro atoms. The Morgan fingerprint density at radius 3 is 2.59 bits per heavy atom. The Morgan fingerprint density at radius 1 is 1.19 bits per heavy atom. The van der Waals surface area contributed by atoms with Gasteiger partial charge in [-0.3, -0.25) is 9.59 Å². The molecule has 2 aromatic carbocycles. The minimum atomic E-state index is -0.896. The second-order valence-corrected chi connectivity index (χ2v) is 7.66. The van der Waals surface area contributed by atoms with E-state index >= 15 is 0 Å². The first kappa shape index (κ1) is 19.4. The van der Waals surface area contributed by atoms with Gasteiger partial charge < -0.3 is 10.2 Å². The lowest BCUT2D eigenvalue weighted by molar-refractivity contribution is -0.131. The van der Waals surface area contributed by atoms with Gasteiger partial charge in [0.05, 0.1) is 0 Å². The Balaban J connectivity index is 1.83. The lowest BCUT2D eigenvalue weighted by Gasteiger charge is -2.44. The highest BCUT2D eigenvalue weighted by Gasteiger charge is 2.46. The second kappa shape index (κ2) is 8.13. The third-order valence-electron chi connectivity index (χ3n) is 5.21. The number of hydrogen-bond acceptors (Lipinski definition) is 2. The molecule has 1 atom stereocenters. The fraction of sp³-hybridized carbons (Fsp3) is 0.364. The van der Waals surface area contributed by atoms with Gasteiger partial charge >= 0.3 is 0 Å². The summed E-state index contributed by atoms with van der Waals surface area (Å²) in [5.74, 6) is -0.189. The van der Waals surface area contributed by atoms with Crippen LogP contribution in [0.1, 0.15) is 48.2 Å². The van der Waals surface area contributed by atoms with E-state index in [1.54, 1.807) is 17.0 Å². The van der Waals surface area contributed by atoms with Gasteiger partial charge in [-0.2, -0.15) is 0 Å². The molecule has 1 aliphatic rings. The smallest absolute Gasteiger partial charge is 0.255 e. The van der Waals surface area contributed by atoms with Crippen molar-refractivity contribution in [2.45, 2.75) is 45.2 Å². The Morgan fingerprint density at radius 2 is 1.89 bits per heavy atom. The molecule has 2 amide bonds. The number of benzene rings is 2. The molecule has 1 aliphatic heterocycles. The first-order chi connectivity index (χ1) is 13.0. The van der Waals surface area contributed by atoms with Gasteiger partial charge in [0.25, 0.3) is 5.91 Å². The molecule has 1 unspecified atom stereocenters. The number of nitrogens with zero attached hydrogens (tertiary/aromatic N) is 1. The van der Waals surface area contributed by atoms with Gasteiger partial charge in [-0.05, 0) is 42.7 Å². The Kier molecular flexibility index (Phi) is 5.85. The van der Waals surface area contributed by atoms with E-state index in [4.69, 9.17) is 11.6 Å². The molecule has 0 fully saturated rings. The van der Waals surface area contributed by atoms with Crippen LogP contribution >= 0.6 is 11.6 Å². The van der Waals surface area contributed by atoms with E-state index in [0.29, 0.717) is 30.1 Å². The molecule has 0 saturated carbocycles. The molecule has 2 aromatic rings. The Labute approximate surface area is 165 Å². The molecule has 4 nitrogen and oxygen atoms in total. The lowest BCUT2D eigenvalue weighted by Crippen LogP contribution is -2.62. The second-order valence-electron chi connectivity index (χ2n) is 7.23. The summed E-state index contributed by atoms with van der Waals surface area (Å²) in [5.41, 5.74) is 1.71. The van der Waals surface area contributed by atoms with Crippen LogP contribution in [0, 0.1) is 0 Å². The van der Waals surface area contributed by atoms with E-state index in [2.05, 4.69) is 12.2 Å². The molecule has 0 aliphatic carbocycles. The number of fused-ring (bicyclic) bond motifs is 1. The molecule has 1 heterocycles. The van der Waals surface area contributed by atoms with Crippen molar-refractivity contribution in [1.29, 1.82) is 0 Å². The number of nitrogens with one attached hydrogen (secondary N) is 1. The summed E-state index contributed by atoms with van der Waals surface area (Å²) >= 11 is 5.92. The number of unbranched alkanes of at least 4 members (excludes halogenated alkanes) is 1. The highest BCUT2D eigenvalue weighted by atomic mass is 35.5. The first-order valence-corrected chi connectivity index (χ1v) is 9.76. The summed E-state index contributed by atoms with van der Waals surface area (Å²) in [6, 6.07) is 15.0. The monoisotopic (exact) mass is 384 g/mol. The minimum absolute atomic E-state index is 0.0607. The van der Waals surface area contributed by atoms with E-state index in [1.165, 1.54) is 0 Å². The molecule has 142 valence electrons. The van der Waals surface area contributed by atoms with E-state index in [-0.39, 0.29) is 11.8 Å². The number of halogens is 1. The molecule has 27 heavy (non-hydrogen) atoms. The van der Waals surface area contributed by atoms with Crippen LogP contribution in [-0.4, -0.2) is 28.8 Å². The fourth-order valence-electron chi connectivity index (χ4n) is 3.56. The number of carbonyl (C=O) groups is 2. The summed E-state index contributed by atoms with van der Waals surface area (Å²) < 4.78 is 0. The Hall–Kier alpha value is -2.33. The van der Waals surface area contributed by atoms with Crippen LogP contribution in [0.25, 0.3) is 0 Å². The van der Waals surface area contributed by atoms with Crippen molar-refractivity contribution in [3.63, 3.8) is 0 Å². The normalized spacial score (nSPS) is 18.9. The Bertz CT molecular complexity index is 834. The predicted molar refractivity (Wildman–Crippen MR) is 108 cm³/mol. The SMILES string of the molecule is CCCCN1C(=O)c2ccccc2CC1(C)C(=O)NCc1ccc(Cl)cc1. The predicted octanol–water partition coefficient (Wildman–Crippen LogP) is 4.21. The number of amides is 2. The van der Waals surface area contributed by atoms with Crippen molar-refractivity contribution >= 4 is 23.4 Å². The third kappa shape index (κ3) is 4.01. The van der Waals surface area contributed by atoms with E-state index in [9.17, 15) is 9.59 Å². The van der Waals surface area contributed by atoms with Gasteiger partial charge in [0.1, 0.15) is 5.54 Å². The summed E-state index contributed by atoms with van der Waals surface area (Å²) in [7, 11) is 0. The van der Waals surface area contributed by atoms with Crippen LogP contribution in [-0.2, 0) is 17.8 Å².